The number of hydrogen-bond acceptors (Lipinski definition) is 5. The van der Waals surface area contributed by atoms with Gasteiger partial charge in [0.05, 0.1) is 38.7 Å². The number of sulfonamides is 1. The highest BCUT2D eigenvalue weighted by atomic mass is 35.5. The van der Waals surface area contributed by atoms with Crippen LogP contribution in [0, 0.1) is 0 Å². The molecule has 0 bridgehead atoms. The van der Waals surface area contributed by atoms with Gasteiger partial charge in [0.25, 0.3) is 5.91 Å². The van der Waals surface area contributed by atoms with Crippen molar-refractivity contribution in [3.8, 4) is 11.5 Å². The lowest BCUT2D eigenvalue weighted by molar-refractivity contribution is 0.0939. The summed E-state index contributed by atoms with van der Waals surface area (Å²) in [6.45, 7) is 1.79. The van der Waals surface area contributed by atoms with Crippen molar-refractivity contribution in [2.45, 2.75) is 19.5 Å². The molecule has 0 aliphatic carbocycles. The van der Waals surface area contributed by atoms with Crippen LogP contribution >= 0.6 is 23.2 Å². The second-order valence-corrected chi connectivity index (χ2v) is 10.5. The van der Waals surface area contributed by atoms with Crippen LogP contribution in [0.15, 0.2) is 60.7 Å². The maximum absolute atomic E-state index is 12.9. The van der Waals surface area contributed by atoms with Crippen molar-refractivity contribution in [1.82, 2.24) is 5.32 Å². The number of rotatable bonds is 9. The van der Waals surface area contributed by atoms with Crippen molar-refractivity contribution in [2.24, 2.45) is 0 Å². The minimum absolute atomic E-state index is 0.0461. The summed E-state index contributed by atoms with van der Waals surface area (Å²) >= 11 is 12.5. The lowest BCUT2D eigenvalue weighted by Gasteiger charge is -2.24. The summed E-state index contributed by atoms with van der Waals surface area (Å²) in [5.41, 5.74) is 2.00. The number of halogens is 2. The van der Waals surface area contributed by atoms with Crippen molar-refractivity contribution in [2.75, 3.05) is 24.8 Å². The van der Waals surface area contributed by atoms with Gasteiger partial charge >= 0.3 is 0 Å². The molecule has 0 fully saturated rings. The molecule has 10 heteroatoms. The number of methoxy groups -OCH3 is 2. The first-order chi connectivity index (χ1) is 16.5. The lowest BCUT2D eigenvalue weighted by Crippen LogP contribution is -2.30. The third-order valence-electron chi connectivity index (χ3n) is 5.43. The highest BCUT2D eigenvalue weighted by Gasteiger charge is 2.22. The van der Waals surface area contributed by atoms with Crippen LogP contribution < -0.4 is 19.1 Å². The third kappa shape index (κ3) is 6.39. The van der Waals surface area contributed by atoms with Crippen LogP contribution in [0.3, 0.4) is 0 Å². The Morgan fingerprint density at radius 1 is 1.00 bits per heavy atom. The van der Waals surface area contributed by atoms with Crippen LogP contribution in [0.25, 0.3) is 0 Å². The van der Waals surface area contributed by atoms with Crippen LogP contribution in [-0.4, -0.2) is 34.8 Å². The molecular weight excluding hydrogens is 511 g/mol. The molecule has 0 spiro atoms. The summed E-state index contributed by atoms with van der Waals surface area (Å²) in [5, 5.41) is 3.66. The standard InChI is InChI=1S/C25H26Cl2N2O5S/c1-16(20-14-19(33-2)12-13-24(20)34-3)28-25(30)17-8-10-18(11-9-17)29(35(4,31)32)15-21-22(26)6-5-7-23(21)27/h5-14,16H,15H2,1-4H3,(H,28,30)/t16-/m0/s1. The molecule has 0 unspecified atom stereocenters. The molecule has 1 N–H and O–H groups in total. The average molecular weight is 537 g/mol. The molecule has 35 heavy (non-hydrogen) atoms. The first-order valence-electron chi connectivity index (χ1n) is 10.6. The van der Waals surface area contributed by atoms with E-state index < -0.39 is 10.0 Å². The van der Waals surface area contributed by atoms with E-state index in [-0.39, 0.29) is 18.5 Å². The summed E-state index contributed by atoms with van der Waals surface area (Å²) < 4.78 is 36.9. The number of carbonyl (C=O) groups is 1. The molecule has 0 aliphatic heterocycles. The number of ether oxygens (including phenoxy) is 2. The summed E-state index contributed by atoms with van der Waals surface area (Å²) in [7, 11) is -0.540. The molecule has 3 rings (SSSR count). The van der Waals surface area contributed by atoms with E-state index in [9.17, 15) is 13.2 Å². The van der Waals surface area contributed by atoms with Gasteiger partial charge in [-0.25, -0.2) is 8.42 Å². The van der Waals surface area contributed by atoms with Gasteiger partial charge in [-0.1, -0.05) is 29.3 Å². The van der Waals surface area contributed by atoms with Gasteiger partial charge < -0.3 is 14.8 Å². The number of hydrogen-bond donors (Lipinski definition) is 1. The molecule has 7 nitrogen and oxygen atoms in total. The van der Waals surface area contributed by atoms with Gasteiger partial charge in [0.1, 0.15) is 11.5 Å². The zero-order chi connectivity index (χ0) is 25.8. The smallest absolute Gasteiger partial charge is 0.251 e. The van der Waals surface area contributed by atoms with Gasteiger partial charge in [0.15, 0.2) is 0 Å². The minimum Gasteiger partial charge on any atom is -0.497 e. The largest absolute Gasteiger partial charge is 0.497 e. The van der Waals surface area contributed by atoms with Crippen LogP contribution in [0.2, 0.25) is 10.0 Å². The van der Waals surface area contributed by atoms with Gasteiger partial charge in [0.2, 0.25) is 10.0 Å². The molecule has 1 amide bonds. The first-order valence-corrected chi connectivity index (χ1v) is 13.2. The van der Waals surface area contributed by atoms with E-state index in [0.29, 0.717) is 38.4 Å². The summed E-state index contributed by atoms with van der Waals surface area (Å²) in [4.78, 5) is 12.9. The van der Waals surface area contributed by atoms with E-state index in [1.54, 1.807) is 74.9 Å². The molecule has 0 radical (unpaired) electrons. The second-order valence-electron chi connectivity index (χ2n) is 7.82. The van der Waals surface area contributed by atoms with Crippen molar-refractivity contribution in [3.63, 3.8) is 0 Å². The molecular formula is C25H26Cl2N2O5S. The molecule has 0 aromatic heterocycles. The summed E-state index contributed by atoms with van der Waals surface area (Å²) in [6.07, 6.45) is 1.10. The summed E-state index contributed by atoms with van der Waals surface area (Å²) in [5.74, 6) is 0.940. The van der Waals surface area contributed by atoms with Crippen LogP contribution in [0.5, 0.6) is 11.5 Å². The minimum atomic E-state index is -3.66. The number of amides is 1. The topological polar surface area (TPSA) is 84.9 Å². The van der Waals surface area contributed by atoms with Crippen molar-refractivity contribution < 1.29 is 22.7 Å². The van der Waals surface area contributed by atoms with Gasteiger partial charge in [-0.05, 0) is 61.5 Å². The van der Waals surface area contributed by atoms with Gasteiger partial charge in [0, 0.05) is 26.7 Å². The van der Waals surface area contributed by atoms with Crippen LogP contribution in [0.4, 0.5) is 5.69 Å². The van der Waals surface area contributed by atoms with Gasteiger partial charge in [-0.15, -0.1) is 0 Å². The third-order valence-corrected chi connectivity index (χ3v) is 7.28. The Bertz CT molecular complexity index is 1290. The number of benzene rings is 3. The van der Waals surface area contributed by atoms with Gasteiger partial charge in [-0.3, -0.25) is 9.10 Å². The Hall–Kier alpha value is -2.94. The fourth-order valence-electron chi connectivity index (χ4n) is 3.54. The molecule has 0 heterocycles. The Labute approximate surface area is 215 Å². The zero-order valence-corrected chi connectivity index (χ0v) is 22.0. The summed E-state index contributed by atoms with van der Waals surface area (Å²) in [6, 6.07) is 16.2. The number of anilines is 1. The zero-order valence-electron chi connectivity index (χ0n) is 19.7. The maximum atomic E-state index is 12.9. The van der Waals surface area contributed by atoms with E-state index in [4.69, 9.17) is 32.7 Å². The number of carbonyl (C=O) groups excluding carboxylic acids is 1. The normalized spacial score (nSPS) is 12.1. The van der Waals surface area contributed by atoms with Crippen molar-refractivity contribution >= 4 is 44.8 Å². The fraction of sp³-hybridized carbons (Fsp3) is 0.240. The molecule has 186 valence electrons. The highest BCUT2D eigenvalue weighted by Crippen LogP contribution is 2.31. The number of nitrogens with zero attached hydrogens (tertiary/aromatic N) is 1. The predicted molar refractivity (Wildman–Crippen MR) is 139 cm³/mol. The number of nitrogens with one attached hydrogen (secondary N) is 1. The molecule has 0 saturated carbocycles. The molecule has 0 saturated heterocycles. The Kier molecular flexibility index (Phi) is 8.53. The molecule has 3 aromatic carbocycles. The first kappa shape index (κ1) is 26.7. The Balaban J connectivity index is 1.82. The highest BCUT2D eigenvalue weighted by molar-refractivity contribution is 7.92. The maximum Gasteiger partial charge on any atom is 0.251 e. The van der Waals surface area contributed by atoms with Crippen LogP contribution in [-0.2, 0) is 16.6 Å². The van der Waals surface area contributed by atoms with E-state index in [1.807, 2.05) is 6.92 Å². The molecule has 1 atom stereocenters. The van der Waals surface area contributed by atoms with E-state index in [1.165, 1.54) is 4.31 Å². The Morgan fingerprint density at radius 2 is 1.63 bits per heavy atom. The quantitative estimate of drug-likeness (QED) is 0.392. The van der Waals surface area contributed by atoms with Crippen molar-refractivity contribution in [3.05, 3.63) is 87.4 Å². The SMILES string of the molecule is COc1ccc(OC)c([C@H](C)NC(=O)c2ccc(N(Cc3c(Cl)cccc3Cl)S(C)(=O)=O)cc2)c1. The second kappa shape index (κ2) is 11.2. The monoisotopic (exact) mass is 536 g/mol. The predicted octanol–water partition coefficient (Wildman–Crippen LogP) is 5.47. The lowest BCUT2D eigenvalue weighted by atomic mass is 10.1. The average Bonchev–Trinajstić information content (AvgIpc) is 2.82. The van der Waals surface area contributed by atoms with E-state index in [2.05, 4.69) is 5.32 Å². The fourth-order valence-corrected chi connectivity index (χ4v) is 4.93. The molecule has 3 aromatic rings. The van der Waals surface area contributed by atoms with E-state index in [0.717, 1.165) is 11.8 Å². The van der Waals surface area contributed by atoms with Crippen molar-refractivity contribution in [1.29, 1.82) is 0 Å². The van der Waals surface area contributed by atoms with E-state index >= 15 is 0 Å². The Morgan fingerprint density at radius 3 is 2.17 bits per heavy atom. The van der Waals surface area contributed by atoms with Gasteiger partial charge in [-0.2, -0.15) is 0 Å². The van der Waals surface area contributed by atoms with Crippen LogP contribution in [0.1, 0.15) is 34.5 Å². The molecule has 0 aliphatic rings.